The number of halogens is 1. The fourth-order valence-corrected chi connectivity index (χ4v) is 2.38. The lowest BCUT2D eigenvalue weighted by Crippen LogP contribution is -2.51. The van der Waals surface area contributed by atoms with E-state index in [1.165, 1.54) is 25.5 Å². The normalized spacial score (nSPS) is 13.3. The van der Waals surface area contributed by atoms with Crippen LogP contribution in [0.25, 0.3) is 11.3 Å². The van der Waals surface area contributed by atoms with E-state index < -0.39 is 17.4 Å². The summed E-state index contributed by atoms with van der Waals surface area (Å²) in [7, 11) is 1.50. The van der Waals surface area contributed by atoms with E-state index in [-0.39, 0.29) is 18.9 Å². The van der Waals surface area contributed by atoms with Gasteiger partial charge in [0, 0.05) is 19.3 Å². The third kappa shape index (κ3) is 4.56. The molecule has 0 aliphatic carbocycles. The Balaban J connectivity index is 2.12. The van der Waals surface area contributed by atoms with Crippen LogP contribution in [0, 0.1) is 5.82 Å². The van der Waals surface area contributed by atoms with Crippen LogP contribution >= 0.6 is 0 Å². The Bertz CT molecular complexity index is 667. The molecule has 7 heteroatoms. The summed E-state index contributed by atoms with van der Waals surface area (Å²) in [5, 5.41) is 14.3. The number of methoxy groups -OCH3 is 1. The minimum absolute atomic E-state index is 0.0326. The highest BCUT2D eigenvalue weighted by Crippen LogP contribution is 2.25. The molecule has 1 aromatic heterocycles. The van der Waals surface area contributed by atoms with Gasteiger partial charge in [-0.2, -0.15) is 0 Å². The number of hydrogen-bond donors (Lipinski definition) is 3. The van der Waals surface area contributed by atoms with E-state index in [0.717, 1.165) is 0 Å². The number of urea groups is 1. The summed E-state index contributed by atoms with van der Waals surface area (Å²) in [6.45, 7) is 1.85. The molecule has 6 nitrogen and oxygen atoms in total. The molecule has 2 rings (SSSR count). The van der Waals surface area contributed by atoms with Gasteiger partial charge in [-0.1, -0.05) is 0 Å². The molecule has 3 N–H and O–H groups in total. The summed E-state index contributed by atoms with van der Waals surface area (Å²) >= 11 is 0. The largest absolute Gasteiger partial charge is 0.464 e. The number of ether oxygens (including phenoxy) is 1. The predicted octanol–water partition coefficient (Wildman–Crippen LogP) is 2.99. The van der Waals surface area contributed by atoms with Gasteiger partial charge in [0.1, 0.15) is 11.6 Å². The third-order valence-corrected chi connectivity index (χ3v) is 3.56. The molecule has 0 aliphatic rings. The molecular weight excluding hydrogens is 315 g/mol. The van der Waals surface area contributed by atoms with Gasteiger partial charge in [-0.25, -0.2) is 9.18 Å². The fourth-order valence-electron chi connectivity index (χ4n) is 2.38. The quantitative estimate of drug-likeness (QED) is 0.726. The van der Waals surface area contributed by atoms with Crippen LogP contribution in [0.1, 0.15) is 13.3 Å². The molecule has 0 saturated heterocycles. The number of benzene rings is 1. The molecule has 2 aromatic rings. The standard InChI is InChI=1S/C17H21FN2O4/c1-17(7-8-21,11-23-2)20-16(22)19-14-10-12(5-6-13(14)18)15-4-3-9-24-15/h3-6,9-10,21H,7-8,11H2,1-2H3,(H2,19,20,22)/t17-/m0/s1. The number of hydrogen-bond acceptors (Lipinski definition) is 4. The van der Waals surface area contributed by atoms with Crippen molar-refractivity contribution in [1.82, 2.24) is 5.32 Å². The van der Waals surface area contributed by atoms with E-state index in [4.69, 9.17) is 14.3 Å². The van der Waals surface area contributed by atoms with E-state index in [9.17, 15) is 9.18 Å². The van der Waals surface area contributed by atoms with Crippen molar-refractivity contribution in [2.75, 3.05) is 25.6 Å². The third-order valence-electron chi connectivity index (χ3n) is 3.56. The van der Waals surface area contributed by atoms with Crippen molar-refractivity contribution in [3.05, 3.63) is 42.4 Å². The van der Waals surface area contributed by atoms with Crippen LogP contribution in [-0.2, 0) is 4.74 Å². The number of rotatable bonds is 7. The highest BCUT2D eigenvalue weighted by molar-refractivity contribution is 5.90. The molecule has 130 valence electrons. The number of aliphatic hydroxyl groups is 1. The maximum Gasteiger partial charge on any atom is 0.319 e. The van der Waals surface area contributed by atoms with Crippen LogP contribution in [0.4, 0.5) is 14.9 Å². The molecule has 0 bridgehead atoms. The molecule has 0 aliphatic heterocycles. The van der Waals surface area contributed by atoms with Crippen molar-refractivity contribution in [2.45, 2.75) is 18.9 Å². The Hall–Kier alpha value is -2.38. The minimum Gasteiger partial charge on any atom is -0.464 e. The number of amides is 2. The molecule has 0 spiro atoms. The van der Waals surface area contributed by atoms with E-state index >= 15 is 0 Å². The summed E-state index contributed by atoms with van der Waals surface area (Å²) in [4.78, 5) is 12.2. The summed E-state index contributed by atoms with van der Waals surface area (Å²) in [5.74, 6) is 0.0130. The highest BCUT2D eigenvalue weighted by Gasteiger charge is 2.26. The highest BCUT2D eigenvalue weighted by atomic mass is 19.1. The second-order valence-corrected chi connectivity index (χ2v) is 5.72. The van der Waals surface area contributed by atoms with Crippen LogP contribution in [0.5, 0.6) is 0 Å². The number of carbonyl (C=O) groups is 1. The Morgan fingerprint density at radius 2 is 2.21 bits per heavy atom. The van der Waals surface area contributed by atoms with Crippen LogP contribution in [0.15, 0.2) is 41.0 Å². The monoisotopic (exact) mass is 336 g/mol. The maximum absolute atomic E-state index is 14.0. The lowest BCUT2D eigenvalue weighted by molar-refractivity contribution is 0.104. The lowest BCUT2D eigenvalue weighted by Gasteiger charge is -2.29. The van der Waals surface area contributed by atoms with Crippen LogP contribution < -0.4 is 10.6 Å². The van der Waals surface area contributed by atoms with Gasteiger partial charge in [0.25, 0.3) is 0 Å². The second-order valence-electron chi connectivity index (χ2n) is 5.72. The molecule has 24 heavy (non-hydrogen) atoms. The van der Waals surface area contributed by atoms with Crippen molar-refractivity contribution in [3.63, 3.8) is 0 Å². The maximum atomic E-state index is 14.0. The van der Waals surface area contributed by atoms with Gasteiger partial charge in [0.05, 0.1) is 24.1 Å². The fraction of sp³-hybridized carbons (Fsp3) is 0.353. The summed E-state index contributed by atoms with van der Waals surface area (Å²) in [6.07, 6.45) is 1.83. The lowest BCUT2D eigenvalue weighted by atomic mass is 10.00. The number of carbonyl (C=O) groups excluding carboxylic acids is 1. The van der Waals surface area contributed by atoms with Gasteiger partial charge in [-0.05, 0) is 43.7 Å². The van der Waals surface area contributed by atoms with Gasteiger partial charge in [-0.3, -0.25) is 0 Å². The number of aliphatic hydroxyl groups excluding tert-OH is 1. The zero-order valence-corrected chi connectivity index (χ0v) is 13.6. The van der Waals surface area contributed by atoms with E-state index in [1.54, 1.807) is 25.1 Å². The minimum atomic E-state index is -0.761. The smallest absolute Gasteiger partial charge is 0.319 e. The number of furan rings is 1. The molecule has 1 atom stereocenters. The van der Waals surface area contributed by atoms with Crippen LogP contribution in [0.2, 0.25) is 0 Å². The Morgan fingerprint density at radius 3 is 2.83 bits per heavy atom. The summed E-state index contributed by atoms with van der Waals surface area (Å²) < 4.78 is 24.3. The molecule has 0 fully saturated rings. The predicted molar refractivity (Wildman–Crippen MR) is 88.2 cm³/mol. The van der Waals surface area contributed by atoms with Crippen molar-refractivity contribution < 1.29 is 23.4 Å². The topological polar surface area (TPSA) is 83.7 Å². The zero-order chi connectivity index (χ0) is 17.6. The first-order chi connectivity index (χ1) is 11.5. The van der Waals surface area contributed by atoms with Crippen molar-refractivity contribution in [2.24, 2.45) is 0 Å². The molecule has 1 aromatic carbocycles. The number of anilines is 1. The van der Waals surface area contributed by atoms with Gasteiger partial charge in [-0.15, -0.1) is 0 Å². The molecule has 0 radical (unpaired) electrons. The van der Waals surface area contributed by atoms with Crippen molar-refractivity contribution in [3.8, 4) is 11.3 Å². The zero-order valence-electron chi connectivity index (χ0n) is 13.6. The number of nitrogens with one attached hydrogen (secondary N) is 2. The molecule has 1 heterocycles. The van der Waals surface area contributed by atoms with Gasteiger partial charge in [0.2, 0.25) is 0 Å². The van der Waals surface area contributed by atoms with Crippen LogP contribution in [-0.4, -0.2) is 37.0 Å². The van der Waals surface area contributed by atoms with E-state index in [2.05, 4.69) is 10.6 Å². The molecule has 2 amide bonds. The van der Waals surface area contributed by atoms with Crippen molar-refractivity contribution >= 4 is 11.7 Å². The Morgan fingerprint density at radius 1 is 1.42 bits per heavy atom. The molecular formula is C17H21FN2O4. The van der Waals surface area contributed by atoms with E-state index in [1.807, 2.05) is 0 Å². The van der Waals surface area contributed by atoms with Gasteiger partial charge < -0.3 is 24.9 Å². The van der Waals surface area contributed by atoms with Crippen molar-refractivity contribution in [1.29, 1.82) is 0 Å². The summed E-state index contributed by atoms with van der Waals surface area (Å²) in [6, 6.07) is 7.21. The average molecular weight is 336 g/mol. The summed E-state index contributed by atoms with van der Waals surface area (Å²) in [5.41, 5.74) is -0.0836. The first-order valence-electron chi connectivity index (χ1n) is 7.50. The Kier molecular flexibility index (Phi) is 5.94. The SMILES string of the molecule is COC[C@](C)(CCO)NC(=O)Nc1cc(-c2ccco2)ccc1F. The Labute approximate surface area is 139 Å². The van der Waals surface area contributed by atoms with Gasteiger partial charge in [0.15, 0.2) is 0 Å². The first-order valence-corrected chi connectivity index (χ1v) is 7.50. The van der Waals surface area contributed by atoms with Crippen LogP contribution in [0.3, 0.4) is 0 Å². The molecule has 0 unspecified atom stereocenters. The second kappa shape index (κ2) is 7.94. The van der Waals surface area contributed by atoms with Gasteiger partial charge >= 0.3 is 6.03 Å². The average Bonchev–Trinajstić information content (AvgIpc) is 3.04. The first kappa shape index (κ1) is 18.0. The molecule has 0 saturated carbocycles. The van der Waals surface area contributed by atoms with E-state index in [0.29, 0.717) is 17.7 Å².